The third-order valence-corrected chi connectivity index (χ3v) is 2.95. The van der Waals surface area contributed by atoms with Gasteiger partial charge in [0.05, 0.1) is 5.69 Å². The minimum atomic E-state index is -1.06. The first kappa shape index (κ1) is 13.1. The average Bonchev–Trinajstić information content (AvgIpc) is 2.80. The van der Waals surface area contributed by atoms with Crippen LogP contribution in [0.25, 0.3) is 0 Å². The van der Waals surface area contributed by atoms with Crippen molar-refractivity contribution in [3.8, 4) is 0 Å². The number of aliphatic hydroxyl groups is 1. The van der Waals surface area contributed by atoms with Crippen molar-refractivity contribution < 1.29 is 9.50 Å². The lowest BCUT2D eigenvalue weighted by molar-refractivity contribution is 0.202. The first-order valence-corrected chi connectivity index (χ1v) is 6.16. The van der Waals surface area contributed by atoms with Crippen LogP contribution in [0.2, 0.25) is 5.02 Å². The summed E-state index contributed by atoms with van der Waals surface area (Å²) in [7, 11) is 0. The molecule has 2 rings (SSSR count). The molecule has 1 N–H and O–H groups in total. The third kappa shape index (κ3) is 2.54. The molecule has 0 spiro atoms. The number of aryl methyl sites for hydroxylation is 1. The molecule has 0 amide bonds. The largest absolute Gasteiger partial charge is 0.382 e. The van der Waals surface area contributed by atoms with Crippen LogP contribution in [0.5, 0.6) is 0 Å². The Morgan fingerprint density at radius 1 is 1.44 bits per heavy atom. The zero-order valence-corrected chi connectivity index (χ0v) is 10.7. The smallest absolute Gasteiger partial charge is 0.129 e. The molecule has 1 atom stereocenters. The van der Waals surface area contributed by atoms with Gasteiger partial charge in [-0.15, -0.1) is 0 Å². The van der Waals surface area contributed by atoms with Crippen LogP contribution in [-0.4, -0.2) is 14.9 Å². The summed E-state index contributed by atoms with van der Waals surface area (Å²) in [5.74, 6) is -0.476. The predicted octanol–water partition coefficient (Wildman–Crippen LogP) is 3.17. The quantitative estimate of drug-likeness (QED) is 0.925. The Morgan fingerprint density at radius 3 is 2.94 bits per heavy atom. The van der Waals surface area contributed by atoms with Crippen molar-refractivity contribution >= 4 is 11.6 Å². The highest BCUT2D eigenvalue weighted by molar-refractivity contribution is 6.30. The molecule has 0 aliphatic rings. The average molecular weight is 269 g/mol. The molecule has 0 saturated carbocycles. The molecule has 0 bridgehead atoms. The molecule has 3 nitrogen and oxygen atoms in total. The summed E-state index contributed by atoms with van der Waals surface area (Å²) in [6.45, 7) is 2.69. The summed E-state index contributed by atoms with van der Waals surface area (Å²) in [6, 6.07) is 5.82. The maximum atomic E-state index is 13.7. The molecule has 0 aliphatic carbocycles. The van der Waals surface area contributed by atoms with Crippen LogP contribution in [0.1, 0.15) is 30.7 Å². The van der Waals surface area contributed by atoms with E-state index in [1.165, 1.54) is 18.2 Å². The van der Waals surface area contributed by atoms with E-state index in [4.69, 9.17) is 11.6 Å². The summed E-state index contributed by atoms with van der Waals surface area (Å²) in [5.41, 5.74) is 0.735. The molecule has 0 fully saturated rings. The molecular formula is C13H14ClFN2O. The molecule has 0 aliphatic heterocycles. The fourth-order valence-corrected chi connectivity index (χ4v) is 2.04. The van der Waals surface area contributed by atoms with Gasteiger partial charge in [0.2, 0.25) is 0 Å². The van der Waals surface area contributed by atoms with Crippen molar-refractivity contribution in [1.29, 1.82) is 0 Å². The SMILES string of the molecule is CCCn1nccc1C(O)c1cc(Cl)ccc1F. The summed E-state index contributed by atoms with van der Waals surface area (Å²) in [6.07, 6.45) is 1.42. The van der Waals surface area contributed by atoms with E-state index >= 15 is 0 Å². The number of aliphatic hydroxyl groups excluding tert-OH is 1. The molecule has 1 aromatic heterocycles. The number of rotatable bonds is 4. The molecule has 2 aromatic rings. The number of aromatic nitrogens is 2. The van der Waals surface area contributed by atoms with Gasteiger partial charge in [0, 0.05) is 23.3 Å². The zero-order chi connectivity index (χ0) is 13.1. The van der Waals surface area contributed by atoms with Crippen molar-refractivity contribution in [3.05, 3.63) is 52.6 Å². The Kier molecular flexibility index (Phi) is 3.99. The van der Waals surface area contributed by atoms with Crippen molar-refractivity contribution in [2.24, 2.45) is 0 Å². The van der Waals surface area contributed by atoms with Crippen LogP contribution in [0, 0.1) is 5.82 Å². The Balaban J connectivity index is 2.38. The van der Waals surface area contributed by atoms with E-state index in [2.05, 4.69) is 5.10 Å². The fourth-order valence-electron chi connectivity index (χ4n) is 1.86. The highest BCUT2D eigenvalue weighted by Gasteiger charge is 2.19. The minimum Gasteiger partial charge on any atom is -0.382 e. The van der Waals surface area contributed by atoms with Crippen LogP contribution in [-0.2, 0) is 6.54 Å². The van der Waals surface area contributed by atoms with Gasteiger partial charge in [-0.2, -0.15) is 5.10 Å². The number of benzene rings is 1. The van der Waals surface area contributed by atoms with Gasteiger partial charge in [0.15, 0.2) is 0 Å². The van der Waals surface area contributed by atoms with Gasteiger partial charge >= 0.3 is 0 Å². The van der Waals surface area contributed by atoms with Crippen LogP contribution in [0.15, 0.2) is 30.5 Å². The molecule has 5 heteroatoms. The summed E-state index contributed by atoms with van der Waals surface area (Å²) in [5, 5.41) is 14.7. The minimum absolute atomic E-state index is 0.167. The van der Waals surface area contributed by atoms with E-state index < -0.39 is 11.9 Å². The lowest BCUT2D eigenvalue weighted by atomic mass is 10.1. The van der Waals surface area contributed by atoms with E-state index in [-0.39, 0.29) is 5.56 Å². The highest BCUT2D eigenvalue weighted by atomic mass is 35.5. The molecule has 1 heterocycles. The van der Waals surface area contributed by atoms with E-state index in [1.807, 2.05) is 6.92 Å². The summed E-state index contributed by atoms with van der Waals surface area (Å²) in [4.78, 5) is 0. The normalized spacial score (nSPS) is 12.7. The standard InChI is InChI=1S/C13H14ClFN2O/c1-2-7-17-12(5-6-16-17)13(18)10-8-9(14)3-4-11(10)15/h3-6,8,13,18H,2,7H2,1H3. The number of halogens is 2. The second kappa shape index (κ2) is 5.50. The van der Waals surface area contributed by atoms with Crippen molar-refractivity contribution in [3.63, 3.8) is 0 Å². The first-order valence-electron chi connectivity index (χ1n) is 5.78. The lowest BCUT2D eigenvalue weighted by Crippen LogP contribution is -2.11. The van der Waals surface area contributed by atoms with Crippen LogP contribution < -0.4 is 0 Å². The predicted molar refractivity (Wildman–Crippen MR) is 68.0 cm³/mol. The van der Waals surface area contributed by atoms with E-state index in [0.717, 1.165) is 6.42 Å². The first-order chi connectivity index (χ1) is 8.63. The zero-order valence-electron chi connectivity index (χ0n) is 9.98. The third-order valence-electron chi connectivity index (χ3n) is 2.72. The second-order valence-corrected chi connectivity index (χ2v) is 4.48. The summed E-state index contributed by atoms with van der Waals surface area (Å²) < 4.78 is 15.4. The Hall–Kier alpha value is -1.39. The maximum absolute atomic E-state index is 13.7. The second-order valence-electron chi connectivity index (χ2n) is 4.05. The molecule has 1 aromatic carbocycles. The van der Waals surface area contributed by atoms with Crippen molar-refractivity contribution in [2.75, 3.05) is 0 Å². The van der Waals surface area contributed by atoms with Crippen molar-refractivity contribution in [1.82, 2.24) is 9.78 Å². The molecule has 18 heavy (non-hydrogen) atoms. The Morgan fingerprint density at radius 2 is 2.22 bits per heavy atom. The van der Waals surface area contributed by atoms with Gasteiger partial charge in [0.1, 0.15) is 11.9 Å². The number of hydrogen-bond acceptors (Lipinski definition) is 2. The molecule has 1 unspecified atom stereocenters. The maximum Gasteiger partial charge on any atom is 0.129 e. The highest BCUT2D eigenvalue weighted by Crippen LogP contribution is 2.26. The number of hydrogen-bond donors (Lipinski definition) is 1. The molecular weight excluding hydrogens is 255 g/mol. The molecule has 96 valence electrons. The topological polar surface area (TPSA) is 38.0 Å². The van der Waals surface area contributed by atoms with Gasteiger partial charge in [0.25, 0.3) is 0 Å². The molecule has 0 radical (unpaired) electrons. The van der Waals surface area contributed by atoms with Gasteiger partial charge in [-0.05, 0) is 30.7 Å². The van der Waals surface area contributed by atoms with Crippen molar-refractivity contribution in [2.45, 2.75) is 26.0 Å². The van der Waals surface area contributed by atoms with Gasteiger partial charge in [-0.25, -0.2) is 4.39 Å². The van der Waals surface area contributed by atoms with E-state index in [0.29, 0.717) is 17.3 Å². The fraction of sp³-hybridized carbons (Fsp3) is 0.308. The summed E-state index contributed by atoms with van der Waals surface area (Å²) >= 11 is 5.82. The van der Waals surface area contributed by atoms with E-state index in [9.17, 15) is 9.50 Å². The lowest BCUT2D eigenvalue weighted by Gasteiger charge is -2.14. The Bertz CT molecular complexity index is 542. The van der Waals surface area contributed by atoms with Crippen LogP contribution >= 0.6 is 11.6 Å². The molecule has 0 saturated heterocycles. The van der Waals surface area contributed by atoms with Gasteiger partial charge in [-0.3, -0.25) is 4.68 Å². The monoisotopic (exact) mass is 268 g/mol. The van der Waals surface area contributed by atoms with Gasteiger partial charge < -0.3 is 5.11 Å². The number of nitrogens with zero attached hydrogens (tertiary/aromatic N) is 2. The van der Waals surface area contributed by atoms with E-state index in [1.54, 1.807) is 16.9 Å². The van der Waals surface area contributed by atoms with Crippen LogP contribution in [0.4, 0.5) is 4.39 Å². The Labute approximate surface area is 110 Å². The van der Waals surface area contributed by atoms with Gasteiger partial charge in [-0.1, -0.05) is 18.5 Å². The van der Waals surface area contributed by atoms with Crippen LogP contribution in [0.3, 0.4) is 0 Å².